The quantitative estimate of drug-likeness (QED) is 0.660. The Kier molecular flexibility index (Phi) is 7.55. The third kappa shape index (κ3) is 5.73. The van der Waals surface area contributed by atoms with Crippen molar-refractivity contribution >= 4 is 5.91 Å². The Hall–Kier alpha value is -1.87. The van der Waals surface area contributed by atoms with Gasteiger partial charge in [-0.2, -0.15) is 0 Å². The van der Waals surface area contributed by atoms with E-state index < -0.39 is 11.9 Å². The molecule has 2 atom stereocenters. The van der Waals surface area contributed by atoms with Gasteiger partial charge in [0.2, 0.25) is 0 Å². The number of likely N-dealkylation sites (tertiary alicyclic amines) is 1. The molecule has 1 aromatic carbocycles. The standard InChI is InChI=1S/C24H36N2O6/c1-17-13-19(22-21(14-17)29-9-4-10-30-22)23(28)25-15-18-5-8-26(16-20(18)27)7-3-6-24(2)31-11-12-32-24/h13-14,18,20,27H,3-12,15-16H2,1-2H3,(H,25,28). The van der Waals surface area contributed by atoms with Gasteiger partial charge in [0.15, 0.2) is 17.3 Å². The first-order valence-corrected chi connectivity index (χ1v) is 11.8. The van der Waals surface area contributed by atoms with Crippen molar-refractivity contribution in [2.75, 3.05) is 52.6 Å². The van der Waals surface area contributed by atoms with Gasteiger partial charge in [-0.25, -0.2) is 0 Å². The van der Waals surface area contributed by atoms with Crippen LogP contribution in [0.15, 0.2) is 12.1 Å². The van der Waals surface area contributed by atoms with E-state index in [4.69, 9.17) is 18.9 Å². The van der Waals surface area contributed by atoms with Gasteiger partial charge in [0, 0.05) is 31.8 Å². The van der Waals surface area contributed by atoms with Gasteiger partial charge in [-0.3, -0.25) is 4.79 Å². The summed E-state index contributed by atoms with van der Waals surface area (Å²) in [4.78, 5) is 15.2. The highest BCUT2D eigenvalue weighted by Gasteiger charge is 2.32. The molecular weight excluding hydrogens is 412 g/mol. The Labute approximate surface area is 190 Å². The largest absolute Gasteiger partial charge is 0.490 e. The minimum absolute atomic E-state index is 0.0368. The second-order valence-corrected chi connectivity index (χ2v) is 9.25. The van der Waals surface area contributed by atoms with E-state index in [1.807, 2.05) is 26.0 Å². The van der Waals surface area contributed by atoms with Gasteiger partial charge in [-0.15, -0.1) is 0 Å². The van der Waals surface area contributed by atoms with Crippen molar-refractivity contribution in [3.05, 3.63) is 23.3 Å². The van der Waals surface area contributed by atoms with E-state index in [-0.39, 0.29) is 11.8 Å². The number of aliphatic hydroxyl groups excluding tert-OH is 1. The zero-order valence-electron chi connectivity index (χ0n) is 19.2. The van der Waals surface area contributed by atoms with E-state index in [9.17, 15) is 9.90 Å². The maximum Gasteiger partial charge on any atom is 0.255 e. The first kappa shape index (κ1) is 23.3. The van der Waals surface area contributed by atoms with Crippen LogP contribution in [0.3, 0.4) is 0 Å². The molecule has 3 aliphatic rings. The SMILES string of the molecule is Cc1cc2c(c(C(=O)NCC3CCN(CCCC4(C)OCCO4)CC3O)c1)OCCCO2. The Morgan fingerprint density at radius 1 is 1.22 bits per heavy atom. The summed E-state index contributed by atoms with van der Waals surface area (Å²) < 4.78 is 22.9. The van der Waals surface area contributed by atoms with Crippen molar-refractivity contribution in [2.24, 2.45) is 5.92 Å². The van der Waals surface area contributed by atoms with Crippen molar-refractivity contribution in [1.82, 2.24) is 10.2 Å². The molecule has 0 spiro atoms. The highest BCUT2D eigenvalue weighted by atomic mass is 16.7. The first-order valence-electron chi connectivity index (χ1n) is 11.8. The first-order chi connectivity index (χ1) is 15.4. The molecule has 2 saturated heterocycles. The van der Waals surface area contributed by atoms with Gasteiger partial charge in [-0.05, 0) is 57.5 Å². The summed E-state index contributed by atoms with van der Waals surface area (Å²) in [5, 5.41) is 13.7. The number of ether oxygens (including phenoxy) is 4. The fraction of sp³-hybridized carbons (Fsp3) is 0.708. The highest BCUT2D eigenvalue weighted by molar-refractivity contribution is 5.98. The smallest absolute Gasteiger partial charge is 0.255 e. The number of piperidine rings is 1. The molecule has 3 heterocycles. The molecule has 0 aromatic heterocycles. The van der Waals surface area contributed by atoms with Crippen LogP contribution in [0.2, 0.25) is 0 Å². The summed E-state index contributed by atoms with van der Waals surface area (Å²) in [5.41, 5.74) is 1.45. The lowest BCUT2D eigenvalue weighted by atomic mass is 9.93. The van der Waals surface area contributed by atoms with Crippen molar-refractivity contribution in [3.63, 3.8) is 0 Å². The summed E-state index contributed by atoms with van der Waals surface area (Å²) in [6, 6.07) is 3.74. The molecule has 0 saturated carbocycles. The Balaban J connectivity index is 1.25. The van der Waals surface area contributed by atoms with E-state index in [0.29, 0.717) is 56.6 Å². The predicted molar refractivity (Wildman–Crippen MR) is 119 cm³/mol. The molecule has 8 nitrogen and oxygen atoms in total. The zero-order chi connectivity index (χ0) is 22.6. The average Bonchev–Trinajstić information content (AvgIpc) is 3.05. The summed E-state index contributed by atoms with van der Waals surface area (Å²) in [6.45, 7) is 9.26. The van der Waals surface area contributed by atoms with Gasteiger partial charge in [0.25, 0.3) is 5.91 Å². The lowest BCUT2D eigenvalue weighted by Gasteiger charge is -2.36. The summed E-state index contributed by atoms with van der Waals surface area (Å²) in [7, 11) is 0. The van der Waals surface area contributed by atoms with Crippen LogP contribution in [0.4, 0.5) is 0 Å². The number of β-amino-alcohol motifs (C(OH)–C–C–N with tert-alkyl or cyclic N) is 1. The summed E-state index contributed by atoms with van der Waals surface area (Å²) >= 11 is 0. The molecule has 2 N–H and O–H groups in total. The third-order valence-corrected chi connectivity index (χ3v) is 6.57. The number of aryl methyl sites for hydroxylation is 1. The summed E-state index contributed by atoms with van der Waals surface area (Å²) in [5.74, 6) is 0.544. The monoisotopic (exact) mass is 448 g/mol. The average molecular weight is 449 g/mol. The molecule has 3 aliphatic heterocycles. The normalized spacial score (nSPS) is 25.3. The number of aliphatic hydroxyl groups is 1. The van der Waals surface area contributed by atoms with E-state index in [1.54, 1.807) is 0 Å². The van der Waals surface area contributed by atoms with Crippen LogP contribution in [0, 0.1) is 12.8 Å². The van der Waals surface area contributed by atoms with Crippen LogP contribution in [-0.4, -0.2) is 80.4 Å². The highest BCUT2D eigenvalue weighted by Crippen LogP contribution is 2.35. The molecule has 2 fully saturated rings. The molecule has 2 unspecified atom stereocenters. The van der Waals surface area contributed by atoms with Gasteiger partial charge in [-0.1, -0.05) is 0 Å². The Bertz CT molecular complexity index is 795. The number of rotatable bonds is 7. The molecule has 4 rings (SSSR count). The number of hydrogen-bond donors (Lipinski definition) is 2. The topological polar surface area (TPSA) is 89.5 Å². The Morgan fingerprint density at radius 3 is 2.78 bits per heavy atom. The van der Waals surface area contributed by atoms with E-state index in [1.165, 1.54) is 0 Å². The maximum atomic E-state index is 12.9. The van der Waals surface area contributed by atoms with Crippen LogP contribution in [0.1, 0.15) is 48.5 Å². The third-order valence-electron chi connectivity index (χ3n) is 6.57. The van der Waals surface area contributed by atoms with Gasteiger partial charge in [0.05, 0.1) is 38.1 Å². The molecule has 178 valence electrons. The summed E-state index contributed by atoms with van der Waals surface area (Å²) in [6.07, 6.45) is 2.99. The van der Waals surface area contributed by atoms with E-state index in [0.717, 1.165) is 44.3 Å². The molecular formula is C24H36N2O6. The number of hydrogen-bond acceptors (Lipinski definition) is 7. The fourth-order valence-corrected chi connectivity index (χ4v) is 4.71. The van der Waals surface area contributed by atoms with E-state index in [2.05, 4.69) is 10.2 Å². The molecule has 0 aliphatic carbocycles. The minimum atomic E-state index is -0.465. The molecule has 8 heteroatoms. The Morgan fingerprint density at radius 2 is 2.00 bits per heavy atom. The lowest BCUT2D eigenvalue weighted by Crippen LogP contribution is -2.48. The molecule has 0 radical (unpaired) electrons. The van der Waals surface area contributed by atoms with Crippen LogP contribution in [0.25, 0.3) is 0 Å². The molecule has 1 aromatic rings. The zero-order valence-corrected chi connectivity index (χ0v) is 19.2. The maximum absolute atomic E-state index is 12.9. The number of carbonyl (C=O) groups excluding carboxylic acids is 1. The van der Waals surface area contributed by atoms with Gasteiger partial charge >= 0.3 is 0 Å². The van der Waals surface area contributed by atoms with Crippen molar-refractivity contribution in [2.45, 2.75) is 51.4 Å². The van der Waals surface area contributed by atoms with Crippen molar-refractivity contribution in [1.29, 1.82) is 0 Å². The molecule has 1 amide bonds. The molecule has 0 bridgehead atoms. The van der Waals surface area contributed by atoms with Crippen molar-refractivity contribution < 1.29 is 28.8 Å². The van der Waals surface area contributed by atoms with Gasteiger partial charge in [0.1, 0.15) is 0 Å². The number of nitrogens with one attached hydrogen (secondary N) is 1. The van der Waals surface area contributed by atoms with Crippen LogP contribution < -0.4 is 14.8 Å². The second-order valence-electron chi connectivity index (χ2n) is 9.25. The number of nitrogens with zero attached hydrogens (tertiary/aromatic N) is 1. The van der Waals surface area contributed by atoms with Crippen LogP contribution >= 0.6 is 0 Å². The van der Waals surface area contributed by atoms with E-state index >= 15 is 0 Å². The fourth-order valence-electron chi connectivity index (χ4n) is 4.71. The predicted octanol–water partition coefficient (Wildman–Crippen LogP) is 2.11. The van der Waals surface area contributed by atoms with Gasteiger partial charge < -0.3 is 34.3 Å². The number of benzene rings is 1. The number of fused-ring (bicyclic) bond motifs is 1. The van der Waals surface area contributed by atoms with Crippen LogP contribution in [0.5, 0.6) is 11.5 Å². The minimum Gasteiger partial charge on any atom is -0.490 e. The number of amides is 1. The second kappa shape index (κ2) is 10.4. The van der Waals surface area contributed by atoms with Crippen molar-refractivity contribution in [3.8, 4) is 11.5 Å². The lowest BCUT2D eigenvalue weighted by molar-refractivity contribution is -0.148. The molecule has 32 heavy (non-hydrogen) atoms. The number of carbonyl (C=O) groups is 1. The van der Waals surface area contributed by atoms with Crippen LogP contribution in [-0.2, 0) is 9.47 Å².